The van der Waals surface area contributed by atoms with Gasteiger partial charge < -0.3 is 55.1 Å². The van der Waals surface area contributed by atoms with E-state index in [9.17, 15) is 47.7 Å². The molecule has 0 spiro atoms. The zero-order chi connectivity index (χ0) is 41.8. The maximum Gasteiger partial charge on any atom is 0.490 e. The van der Waals surface area contributed by atoms with E-state index in [1.807, 2.05) is 0 Å². The number of hydrogen-bond donors (Lipinski definition) is 8. The lowest BCUT2D eigenvalue weighted by Crippen LogP contribution is -2.46. The molecule has 2 fully saturated rings. The number of nitrogens with two attached hydrogens (primary N) is 2. The van der Waals surface area contributed by atoms with Crippen molar-refractivity contribution in [2.75, 3.05) is 45.6 Å². The topological polar surface area (TPSA) is 403 Å². The second kappa shape index (κ2) is 16.1. The van der Waals surface area contributed by atoms with Crippen molar-refractivity contribution in [3.63, 3.8) is 0 Å². The molecule has 4 unspecified atom stereocenters. The second-order valence-electron chi connectivity index (χ2n) is 12.4. The highest BCUT2D eigenvalue weighted by molar-refractivity contribution is 7.66. The van der Waals surface area contributed by atoms with Gasteiger partial charge in [-0.25, -0.2) is 33.2 Å². The molecule has 33 heteroatoms. The van der Waals surface area contributed by atoms with Crippen LogP contribution in [0, 0.1) is 0 Å². The molecule has 4 aromatic rings. The number of aliphatic hydroxyl groups excluding tert-OH is 1. The zero-order valence-corrected chi connectivity index (χ0v) is 33.4. The van der Waals surface area contributed by atoms with E-state index in [1.54, 1.807) is 0 Å². The minimum absolute atomic E-state index is 0.00321. The lowest BCUT2D eigenvalue weighted by Gasteiger charge is -2.25. The summed E-state index contributed by atoms with van der Waals surface area (Å²) >= 11 is 0. The lowest BCUT2D eigenvalue weighted by atomic mass is 10.1. The summed E-state index contributed by atoms with van der Waals surface area (Å²) in [6.45, 7) is -1.15. The van der Waals surface area contributed by atoms with Gasteiger partial charge in [-0.1, -0.05) is 4.98 Å². The molecule has 6 heterocycles. The first-order valence-corrected chi connectivity index (χ1v) is 22.5. The average Bonchev–Trinajstić information content (AvgIpc) is 3.83. The number of imidazole rings is 2. The van der Waals surface area contributed by atoms with Crippen LogP contribution in [0.1, 0.15) is 12.5 Å². The van der Waals surface area contributed by atoms with Crippen LogP contribution in [0.4, 0.5) is 11.8 Å². The maximum absolute atomic E-state index is 12.8. The lowest BCUT2D eigenvalue weighted by molar-refractivity contribution is -0.745. The van der Waals surface area contributed by atoms with Gasteiger partial charge in [-0.05, 0) is 0 Å². The summed E-state index contributed by atoms with van der Waals surface area (Å²) in [5.74, 6) is -0.235. The summed E-state index contributed by atoms with van der Waals surface area (Å²) in [5.41, 5.74) is 11.3. The Labute approximate surface area is 318 Å². The van der Waals surface area contributed by atoms with Gasteiger partial charge in [-0.15, -0.1) is 0 Å². The van der Waals surface area contributed by atoms with Crippen molar-refractivity contribution in [3.8, 4) is 0 Å². The van der Waals surface area contributed by atoms with Crippen molar-refractivity contribution in [1.29, 1.82) is 0 Å². The van der Waals surface area contributed by atoms with Gasteiger partial charge in [0.15, 0.2) is 24.0 Å². The molecule has 0 radical (unpaired) electrons. The summed E-state index contributed by atoms with van der Waals surface area (Å²) < 4.78 is 100. The highest BCUT2D eigenvalue weighted by Crippen LogP contribution is 2.68. The van der Waals surface area contributed by atoms with Crippen molar-refractivity contribution >= 4 is 65.2 Å². The van der Waals surface area contributed by atoms with Gasteiger partial charge in [0, 0.05) is 20.9 Å². The first kappa shape index (κ1) is 43.4. The van der Waals surface area contributed by atoms with Crippen molar-refractivity contribution in [3.05, 3.63) is 29.3 Å². The summed E-state index contributed by atoms with van der Waals surface area (Å²) in [6.07, 6.45) is -7.29. The first-order valence-electron chi connectivity index (χ1n) is 16.0. The van der Waals surface area contributed by atoms with Crippen LogP contribution in [-0.4, -0.2) is 129 Å². The molecule has 0 saturated carbocycles. The number of H-pyrrole nitrogens is 1. The third kappa shape index (κ3) is 9.36. The Kier molecular flexibility index (Phi) is 12.3. The molecule has 0 bridgehead atoms. The zero-order valence-electron chi connectivity index (χ0n) is 29.8. The van der Waals surface area contributed by atoms with Gasteiger partial charge in [0.2, 0.25) is 11.7 Å². The number of nitrogen functional groups attached to an aromatic ring is 2. The first-order chi connectivity index (χ1) is 26.5. The Balaban J connectivity index is 1.10. The molecular formula is C24H37N10O19P4+. The van der Waals surface area contributed by atoms with Crippen LogP contribution < -0.4 is 21.6 Å². The Hall–Kier alpha value is -3.14. The molecule has 2 aliphatic heterocycles. The Morgan fingerprint density at radius 1 is 0.912 bits per heavy atom. The third-order valence-corrected chi connectivity index (χ3v) is 13.3. The normalized spacial score (nSPS) is 29.6. The number of fused-ring (bicyclic) bond motifs is 2. The van der Waals surface area contributed by atoms with Crippen molar-refractivity contribution in [2.45, 2.75) is 49.1 Å². The number of hydrogen-bond acceptors (Lipinski definition) is 21. The van der Waals surface area contributed by atoms with E-state index in [0.717, 1.165) is 13.0 Å². The van der Waals surface area contributed by atoms with E-state index >= 15 is 0 Å². The molecule has 12 atom stereocenters. The van der Waals surface area contributed by atoms with Crippen molar-refractivity contribution < 1.29 is 88.6 Å². The molecule has 6 rings (SSSR count). The summed E-state index contributed by atoms with van der Waals surface area (Å²) in [6, 6.07) is 0. The maximum atomic E-state index is 12.8. The molecule has 0 aromatic carbocycles. The predicted molar refractivity (Wildman–Crippen MR) is 185 cm³/mol. The minimum atomic E-state index is -6.01. The van der Waals surface area contributed by atoms with Gasteiger partial charge in [0.05, 0.1) is 26.6 Å². The summed E-state index contributed by atoms with van der Waals surface area (Å²) in [7, 11) is -17.9. The molecule has 4 aromatic heterocycles. The van der Waals surface area contributed by atoms with Gasteiger partial charge in [0.1, 0.15) is 48.5 Å². The van der Waals surface area contributed by atoms with Crippen LogP contribution >= 0.6 is 31.1 Å². The number of phosphoric ester groups is 2. The molecule has 316 valence electrons. The standard InChI is InChI=1S/C24H36N10O19P4/c1-32-9-34(20-13(32)21(36)31-24(26)30-20)22-14(35)15(45-2)10(49-22)5-47-55(39,40)52-57(43,44)53-56(41,42)48-6-11-16(51-54(4,37)38)17(46-3)23(50-11)33-8-29-12-18(25)27-7-28-19(12)33/h7-11,14-17,22-23,35H,5-6H2,1-4H3,(H8-,25,26,27,28,30,31,36,37,38,39,40,41,42,43,44)/p+1/t10-,11-,14-,15-,16-,17-,22-,23-/m1/s1. The largest absolute Gasteiger partial charge is 0.490 e. The second-order valence-corrected chi connectivity index (χ2v) is 18.8. The highest BCUT2D eigenvalue weighted by Gasteiger charge is 2.52. The Morgan fingerprint density at radius 3 is 2.12 bits per heavy atom. The average molecular weight is 894 g/mol. The van der Waals surface area contributed by atoms with Gasteiger partial charge in [0.25, 0.3) is 11.5 Å². The van der Waals surface area contributed by atoms with Crippen LogP contribution in [-0.2, 0) is 66.4 Å². The molecule has 29 nitrogen and oxygen atoms in total. The van der Waals surface area contributed by atoms with Crippen LogP contribution in [0.5, 0.6) is 0 Å². The van der Waals surface area contributed by atoms with Crippen LogP contribution in [0.3, 0.4) is 0 Å². The van der Waals surface area contributed by atoms with Gasteiger partial charge in [-0.2, -0.15) is 8.62 Å². The minimum Gasteiger partial charge on any atom is -0.384 e. The van der Waals surface area contributed by atoms with Crippen LogP contribution in [0.2, 0.25) is 0 Å². The molecule has 10 N–H and O–H groups in total. The molecule has 2 saturated heterocycles. The molecule has 2 aliphatic rings. The Bertz CT molecular complexity index is 2390. The van der Waals surface area contributed by atoms with E-state index in [2.05, 4.69) is 33.5 Å². The van der Waals surface area contributed by atoms with E-state index in [1.165, 1.54) is 47.6 Å². The van der Waals surface area contributed by atoms with E-state index < -0.39 is 98.9 Å². The number of ether oxygens (including phenoxy) is 4. The number of aromatic nitrogens is 8. The smallest absolute Gasteiger partial charge is 0.384 e. The molecule has 0 amide bonds. The van der Waals surface area contributed by atoms with E-state index in [0.29, 0.717) is 0 Å². The summed E-state index contributed by atoms with van der Waals surface area (Å²) in [4.78, 5) is 71.7. The Morgan fingerprint density at radius 2 is 1.53 bits per heavy atom. The fraction of sp³-hybridized carbons (Fsp3) is 0.583. The van der Waals surface area contributed by atoms with E-state index in [-0.39, 0.29) is 34.1 Å². The third-order valence-electron chi connectivity index (χ3n) is 8.40. The number of nitrogens with zero attached hydrogens (tertiary/aromatic N) is 7. The number of aliphatic hydroxyl groups is 1. The van der Waals surface area contributed by atoms with Crippen molar-refractivity contribution in [2.24, 2.45) is 7.05 Å². The number of nitrogens with one attached hydrogen (secondary N) is 1. The summed E-state index contributed by atoms with van der Waals surface area (Å²) in [5, 5.41) is 11.0. The quantitative estimate of drug-likeness (QED) is 0.0459. The van der Waals surface area contributed by atoms with Crippen LogP contribution in [0.25, 0.3) is 22.3 Å². The number of phosphoric acid groups is 3. The van der Waals surface area contributed by atoms with Gasteiger partial charge >= 0.3 is 36.7 Å². The molecule has 0 aliphatic carbocycles. The van der Waals surface area contributed by atoms with Crippen molar-refractivity contribution in [1.82, 2.24) is 34.1 Å². The number of rotatable bonds is 16. The SMILES string of the molecule is CO[C@@H]1[C@H](OP(C)(=O)O)[C@@H](COP(=O)(O)OP(=O)(O)OP(=O)(O)OC[C@H]2O[C@@H]([n+]3cn(C)c4c(=O)[nH]c(N)nc43)[C@H](O)[C@@H]2OC)O[C@H]1n1cnc2c(N)ncnc21. The predicted octanol–water partition coefficient (Wildman–Crippen LogP) is -1.69. The number of aryl methyl sites for hydroxylation is 1. The van der Waals surface area contributed by atoms with E-state index in [4.69, 9.17) is 44.0 Å². The fourth-order valence-corrected chi connectivity index (χ4v) is 10.4. The van der Waals surface area contributed by atoms with Crippen LogP contribution in [0.15, 0.2) is 23.8 Å². The highest BCUT2D eigenvalue weighted by atomic mass is 31.3. The van der Waals surface area contributed by atoms with Gasteiger partial charge in [-0.3, -0.25) is 37.0 Å². The number of methoxy groups -OCH3 is 2. The molecular weight excluding hydrogens is 856 g/mol. The monoisotopic (exact) mass is 893 g/mol. The number of aromatic amines is 1. The number of anilines is 2. The fourth-order valence-electron chi connectivity index (χ4n) is 6.21. The molecule has 57 heavy (non-hydrogen) atoms.